The standard InChI is InChI=1S/C9H7Cl4N3OS/c10-5-1-3-6(4-2-5)14-8(18)16-15-7(17)9(11,12)13/h1-4H,(H,15,17)(H2,14,16,18). The summed E-state index contributed by atoms with van der Waals surface area (Å²) in [5.41, 5.74) is 5.22. The number of amides is 1. The van der Waals surface area contributed by atoms with Crippen LogP contribution in [0.4, 0.5) is 5.69 Å². The van der Waals surface area contributed by atoms with Crippen molar-refractivity contribution in [3.63, 3.8) is 0 Å². The van der Waals surface area contributed by atoms with Crippen LogP contribution in [0.3, 0.4) is 0 Å². The third-order valence-corrected chi connectivity index (χ3v) is 2.62. The minimum Gasteiger partial charge on any atom is -0.331 e. The molecule has 0 atom stereocenters. The van der Waals surface area contributed by atoms with Gasteiger partial charge in [-0.2, -0.15) is 0 Å². The summed E-state index contributed by atoms with van der Waals surface area (Å²) in [4.78, 5) is 11.2. The lowest BCUT2D eigenvalue weighted by Gasteiger charge is -2.14. The molecule has 0 fully saturated rings. The number of hydrogen-bond donors (Lipinski definition) is 3. The maximum absolute atomic E-state index is 11.2. The third kappa shape index (κ3) is 5.46. The lowest BCUT2D eigenvalue weighted by atomic mass is 10.3. The molecule has 0 aliphatic heterocycles. The molecule has 0 aliphatic carbocycles. The molecule has 0 saturated heterocycles. The van der Waals surface area contributed by atoms with Gasteiger partial charge in [0.15, 0.2) is 5.11 Å². The van der Waals surface area contributed by atoms with E-state index in [1.807, 2.05) is 0 Å². The molecular formula is C9H7Cl4N3OS. The van der Waals surface area contributed by atoms with Crippen LogP contribution in [0.1, 0.15) is 0 Å². The van der Waals surface area contributed by atoms with Crippen molar-refractivity contribution in [2.45, 2.75) is 3.79 Å². The van der Waals surface area contributed by atoms with Crippen molar-refractivity contribution in [2.75, 3.05) is 5.32 Å². The normalized spacial score (nSPS) is 10.7. The average Bonchev–Trinajstić information content (AvgIpc) is 2.28. The smallest absolute Gasteiger partial charge is 0.290 e. The summed E-state index contributed by atoms with van der Waals surface area (Å²) in [6, 6.07) is 6.80. The highest BCUT2D eigenvalue weighted by atomic mass is 35.6. The first kappa shape index (κ1) is 15.6. The van der Waals surface area contributed by atoms with Gasteiger partial charge in [0.2, 0.25) is 0 Å². The van der Waals surface area contributed by atoms with Gasteiger partial charge in [-0.3, -0.25) is 15.6 Å². The number of carbonyl (C=O) groups excluding carboxylic acids is 1. The molecule has 1 aromatic rings. The zero-order valence-electron chi connectivity index (χ0n) is 8.64. The van der Waals surface area contributed by atoms with E-state index in [0.717, 1.165) is 0 Å². The van der Waals surface area contributed by atoms with Gasteiger partial charge in [0.1, 0.15) is 0 Å². The van der Waals surface area contributed by atoms with E-state index in [4.69, 9.17) is 58.6 Å². The zero-order valence-corrected chi connectivity index (χ0v) is 12.5. The van der Waals surface area contributed by atoms with Gasteiger partial charge in [0.25, 0.3) is 9.70 Å². The number of thiocarbonyl (C=S) groups is 1. The Balaban J connectivity index is 2.43. The summed E-state index contributed by atoms with van der Waals surface area (Å²) in [6.45, 7) is 0. The number of carbonyl (C=O) groups is 1. The van der Waals surface area contributed by atoms with Crippen molar-refractivity contribution in [3.05, 3.63) is 29.3 Å². The molecule has 0 spiro atoms. The van der Waals surface area contributed by atoms with Crippen LogP contribution in [0, 0.1) is 0 Å². The van der Waals surface area contributed by atoms with Gasteiger partial charge in [0.05, 0.1) is 0 Å². The molecule has 98 valence electrons. The summed E-state index contributed by atoms with van der Waals surface area (Å²) in [5, 5.41) is 3.53. The molecule has 4 nitrogen and oxygen atoms in total. The number of anilines is 1. The van der Waals surface area contributed by atoms with Gasteiger partial charge in [-0.05, 0) is 36.5 Å². The lowest BCUT2D eigenvalue weighted by molar-refractivity contribution is -0.120. The van der Waals surface area contributed by atoms with Crippen LogP contribution in [0.25, 0.3) is 0 Å². The van der Waals surface area contributed by atoms with Crippen molar-refractivity contribution in [3.8, 4) is 0 Å². The molecule has 0 heterocycles. The van der Waals surface area contributed by atoms with Crippen LogP contribution in [-0.4, -0.2) is 14.8 Å². The second-order valence-electron chi connectivity index (χ2n) is 3.04. The van der Waals surface area contributed by atoms with Gasteiger partial charge in [-0.1, -0.05) is 46.4 Å². The summed E-state index contributed by atoms with van der Waals surface area (Å²) < 4.78 is -2.05. The Morgan fingerprint density at radius 1 is 1.11 bits per heavy atom. The molecule has 0 aliphatic rings. The molecular weight excluding hydrogens is 340 g/mol. The van der Waals surface area contributed by atoms with Crippen LogP contribution in [0.5, 0.6) is 0 Å². The van der Waals surface area contributed by atoms with Crippen LogP contribution in [-0.2, 0) is 4.79 Å². The Bertz CT molecular complexity index is 446. The molecule has 0 saturated carbocycles. The van der Waals surface area contributed by atoms with Gasteiger partial charge < -0.3 is 5.32 Å². The van der Waals surface area contributed by atoms with E-state index in [2.05, 4.69) is 16.2 Å². The fourth-order valence-electron chi connectivity index (χ4n) is 0.880. The van der Waals surface area contributed by atoms with Crippen LogP contribution in [0.15, 0.2) is 24.3 Å². The number of hydrazine groups is 1. The zero-order chi connectivity index (χ0) is 13.8. The first-order valence-electron chi connectivity index (χ1n) is 4.49. The van der Waals surface area contributed by atoms with Crippen molar-refractivity contribution >= 4 is 75.3 Å². The van der Waals surface area contributed by atoms with Crippen molar-refractivity contribution < 1.29 is 4.79 Å². The summed E-state index contributed by atoms with van der Waals surface area (Å²) in [7, 11) is 0. The fourth-order valence-corrected chi connectivity index (χ4v) is 1.32. The van der Waals surface area contributed by atoms with Crippen LogP contribution >= 0.6 is 58.6 Å². The summed E-state index contributed by atoms with van der Waals surface area (Å²) in [6.07, 6.45) is 0. The maximum atomic E-state index is 11.2. The number of halogens is 4. The molecule has 0 unspecified atom stereocenters. The Labute approximate surface area is 129 Å². The Hall–Kier alpha value is -0.460. The van der Waals surface area contributed by atoms with E-state index in [0.29, 0.717) is 10.7 Å². The fraction of sp³-hybridized carbons (Fsp3) is 0.111. The highest BCUT2D eigenvalue weighted by Gasteiger charge is 2.30. The predicted molar refractivity (Wildman–Crippen MR) is 79.2 cm³/mol. The van der Waals surface area contributed by atoms with Crippen LogP contribution in [0.2, 0.25) is 5.02 Å². The van der Waals surface area contributed by atoms with E-state index < -0.39 is 9.70 Å². The van der Waals surface area contributed by atoms with Gasteiger partial charge in [-0.25, -0.2) is 0 Å². The largest absolute Gasteiger partial charge is 0.331 e. The van der Waals surface area contributed by atoms with Gasteiger partial charge in [-0.15, -0.1) is 0 Å². The van der Waals surface area contributed by atoms with Crippen LogP contribution < -0.4 is 16.2 Å². The Morgan fingerprint density at radius 3 is 2.17 bits per heavy atom. The molecule has 1 aromatic carbocycles. The molecule has 3 N–H and O–H groups in total. The van der Waals surface area contributed by atoms with Gasteiger partial charge >= 0.3 is 0 Å². The Kier molecular flexibility index (Phi) is 5.75. The Morgan fingerprint density at radius 2 is 1.67 bits per heavy atom. The van der Waals surface area contributed by atoms with E-state index in [1.165, 1.54) is 0 Å². The van der Waals surface area contributed by atoms with E-state index in [1.54, 1.807) is 24.3 Å². The molecule has 0 aromatic heterocycles. The van der Waals surface area contributed by atoms with E-state index in [-0.39, 0.29) is 5.11 Å². The minimum atomic E-state index is -2.05. The van der Waals surface area contributed by atoms with E-state index in [9.17, 15) is 4.79 Å². The summed E-state index contributed by atoms with van der Waals surface area (Å²) in [5.74, 6) is -0.840. The highest BCUT2D eigenvalue weighted by molar-refractivity contribution is 7.80. The third-order valence-electron chi connectivity index (χ3n) is 1.65. The lowest BCUT2D eigenvalue weighted by Crippen LogP contribution is -2.48. The molecule has 0 bridgehead atoms. The number of alkyl halides is 3. The monoisotopic (exact) mass is 345 g/mol. The molecule has 1 rings (SSSR count). The molecule has 0 radical (unpaired) electrons. The maximum Gasteiger partial charge on any atom is 0.290 e. The van der Waals surface area contributed by atoms with Crippen molar-refractivity contribution in [2.24, 2.45) is 0 Å². The van der Waals surface area contributed by atoms with Crippen molar-refractivity contribution in [1.29, 1.82) is 0 Å². The average molecular weight is 347 g/mol. The molecule has 1 amide bonds. The highest BCUT2D eigenvalue weighted by Crippen LogP contribution is 2.25. The first-order valence-corrected chi connectivity index (χ1v) is 6.41. The SMILES string of the molecule is O=C(NNC(=S)Nc1ccc(Cl)cc1)C(Cl)(Cl)Cl. The second-order valence-corrected chi connectivity index (χ2v) is 6.16. The number of benzene rings is 1. The molecule has 18 heavy (non-hydrogen) atoms. The predicted octanol–water partition coefficient (Wildman–Crippen LogP) is 3.03. The number of hydrogen-bond acceptors (Lipinski definition) is 2. The van der Waals surface area contributed by atoms with E-state index >= 15 is 0 Å². The van der Waals surface area contributed by atoms with Crippen molar-refractivity contribution in [1.82, 2.24) is 10.9 Å². The summed E-state index contributed by atoms with van der Waals surface area (Å²) >= 11 is 26.7. The minimum absolute atomic E-state index is 0.139. The number of rotatable bonds is 1. The topological polar surface area (TPSA) is 53.2 Å². The van der Waals surface area contributed by atoms with Gasteiger partial charge in [0, 0.05) is 10.7 Å². The first-order chi connectivity index (χ1) is 8.29. The number of nitrogens with one attached hydrogen (secondary N) is 3. The molecule has 9 heteroatoms. The quantitative estimate of drug-likeness (QED) is 0.415. The second kappa shape index (κ2) is 6.63.